The van der Waals surface area contributed by atoms with E-state index in [1.807, 2.05) is 24.3 Å². The fraction of sp³-hybridized carbons (Fsp3) is 0.133. The van der Waals surface area contributed by atoms with Gasteiger partial charge in [0.2, 0.25) is 0 Å². The van der Waals surface area contributed by atoms with Crippen LogP contribution >= 0.6 is 12.2 Å². The molecule has 0 aliphatic heterocycles. The number of hydrogen-bond acceptors (Lipinski definition) is 2. The minimum Gasteiger partial charge on any atom is -0.496 e. The normalized spacial score (nSPS) is 9.90. The molecule has 2 aromatic rings. The van der Waals surface area contributed by atoms with Gasteiger partial charge in [-0.3, -0.25) is 0 Å². The van der Waals surface area contributed by atoms with Crippen LogP contribution in [0.15, 0.2) is 48.5 Å². The van der Waals surface area contributed by atoms with E-state index in [2.05, 4.69) is 10.6 Å². The molecule has 5 heteroatoms. The van der Waals surface area contributed by atoms with E-state index >= 15 is 0 Å². The number of para-hydroxylation sites is 1. The van der Waals surface area contributed by atoms with Gasteiger partial charge in [-0.15, -0.1) is 0 Å². The van der Waals surface area contributed by atoms with E-state index < -0.39 is 0 Å². The lowest BCUT2D eigenvalue weighted by molar-refractivity contribution is 0.409. The van der Waals surface area contributed by atoms with Crippen LogP contribution in [0.2, 0.25) is 0 Å². The summed E-state index contributed by atoms with van der Waals surface area (Å²) in [4.78, 5) is 0. The van der Waals surface area contributed by atoms with Gasteiger partial charge >= 0.3 is 0 Å². The molecule has 3 nitrogen and oxygen atoms in total. The molecule has 0 spiro atoms. The van der Waals surface area contributed by atoms with Crippen molar-refractivity contribution in [1.29, 1.82) is 0 Å². The molecular formula is C15H15FN2OS. The monoisotopic (exact) mass is 290 g/mol. The van der Waals surface area contributed by atoms with Crippen LogP contribution in [-0.4, -0.2) is 12.2 Å². The molecule has 0 aromatic heterocycles. The number of methoxy groups -OCH3 is 1. The molecule has 20 heavy (non-hydrogen) atoms. The summed E-state index contributed by atoms with van der Waals surface area (Å²) in [6, 6.07) is 13.8. The predicted octanol–water partition coefficient (Wildman–Crippen LogP) is 3.32. The van der Waals surface area contributed by atoms with Gasteiger partial charge in [0.25, 0.3) is 0 Å². The van der Waals surface area contributed by atoms with Gasteiger partial charge in [0.05, 0.1) is 7.11 Å². The van der Waals surface area contributed by atoms with Crippen LogP contribution < -0.4 is 15.4 Å². The molecule has 0 fully saturated rings. The third-order valence-electron chi connectivity index (χ3n) is 2.71. The zero-order valence-electron chi connectivity index (χ0n) is 11.0. The molecule has 0 aliphatic rings. The molecule has 0 radical (unpaired) electrons. The summed E-state index contributed by atoms with van der Waals surface area (Å²) in [6.45, 7) is 0.533. The maximum Gasteiger partial charge on any atom is 0.171 e. The highest BCUT2D eigenvalue weighted by molar-refractivity contribution is 7.80. The lowest BCUT2D eigenvalue weighted by Gasteiger charge is -2.12. The minimum absolute atomic E-state index is 0.303. The van der Waals surface area contributed by atoms with Crippen molar-refractivity contribution in [3.63, 3.8) is 0 Å². The Kier molecular flexibility index (Phi) is 4.90. The summed E-state index contributed by atoms with van der Waals surface area (Å²) >= 11 is 5.17. The number of benzene rings is 2. The van der Waals surface area contributed by atoms with E-state index in [1.165, 1.54) is 12.1 Å². The summed E-state index contributed by atoms with van der Waals surface area (Å²) in [5.41, 5.74) is 1.61. The Hall–Kier alpha value is -2.14. The second-order valence-electron chi connectivity index (χ2n) is 4.13. The molecule has 2 aromatic carbocycles. The van der Waals surface area contributed by atoms with Gasteiger partial charge in [0.1, 0.15) is 11.6 Å². The summed E-state index contributed by atoms with van der Waals surface area (Å²) in [5, 5.41) is 6.42. The summed E-state index contributed by atoms with van der Waals surface area (Å²) in [6.07, 6.45) is 0. The fourth-order valence-electron chi connectivity index (χ4n) is 1.77. The van der Waals surface area contributed by atoms with Gasteiger partial charge in [0, 0.05) is 17.8 Å². The number of hydrogen-bond donors (Lipinski definition) is 2. The molecule has 0 amide bonds. The van der Waals surface area contributed by atoms with Gasteiger partial charge < -0.3 is 15.4 Å². The van der Waals surface area contributed by atoms with Gasteiger partial charge in [-0.05, 0) is 36.5 Å². The minimum atomic E-state index is -0.303. The van der Waals surface area contributed by atoms with Crippen molar-refractivity contribution in [2.24, 2.45) is 0 Å². The first-order valence-corrected chi connectivity index (χ1v) is 6.52. The van der Waals surface area contributed by atoms with E-state index in [0.717, 1.165) is 11.3 Å². The Morgan fingerprint density at radius 3 is 2.75 bits per heavy atom. The third-order valence-corrected chi connectivity index (χ3v) is 2.96. The van der Waals surface area contributed by atoms with E-state index in [4.69, 9.17) is 17.0 Å². The second-order valence-corrected chi connectivity index (χ2v) is 4.54. The molecule has 104 valence electrons. The van der Waals surface area contributed by atoms with Gasteiger partial charge in [-0.2, -0.15) is 0 Å². The van der Waals surface area contributed by atoms with Gasteiger partial charge in [-0.1, -0.05) is 24.3 Å². The molecule has 0 unspecified atom stereocenters. The highest BCUT2D eigenvalue weighted by Crippen LogP contribution is 2.16. The molecular weight excluding hydrogens is 275 g/mol. The topological polar surface area (TPSA) is 33.3 Å². The Balaban J connectivity index is 1.92. The molecule has 0 heterocycles. The van der Waals surface area contributed by atoms with Crippen LogP contribution in [0.25, 0.3) is 0 Å². The first kappa shape index (κ1) is 14.3. The van der Waals surface area contributed by atoms with Crippen molar-refractivity contribution in [3.05, 3.63) is 59.9 Å². The molecule has 0 aliphatic carbocycles. The first-order chi connectivity index (χ1) is 9.69. The smallest absolute Gasteiger partial charge is 0.171 e. The van der Waals surface area contributed by atoms with Crippen LogP contribution in [0.5, 0.6) is 5.75 Å². The van der Waals surface area contributed by atoms with Gasteiger partial charge in [-0.25, -0.2) is 4.39 Å². The van der Waals surface area contributed by atoms with E-state index in [-0.39, 0.29) is 5.82 Å². The van der Waals surface area contributed by atoms with Crippen molar-refractivity contribution in [2.45, 2.75) is 6.54 Å². The van der Waals surface area contributed by atoms with E-state index in [1.54, 1.807) is 19.2 Å². The number of halogens is 1. The molecule has 0 bridgehead atoms. The molecule has 0 saturated carbocycles. The number of ether oxygens (including phenoxy) is 1. The van der Waals surface area contributed by atoms with Crippen LogP contribution in [-0.2, 0) is 6.54 Å². The van der Waals surface area contributed by atoms with E-state index in [9.17, 15) is 4.39 Å². The largest absolute Gasteiger partial charge is 0.496 e. The van der Waals surface area contributed by atoms with Crippen LogP contribution in [0.1, 0.15) is 5.56 Å². The van der Waals surface area contributed by atoms with Crippen molar-refractivity contribution in [1.82, 2.24) is 5.32 Å². The Bertz CT molecular complexity index is 604. The average molecular weight is 290 g/mol. The highest BCUT2D eigenvalue weighted by atomic mass is 32.1. The molecule has 0 atom stereocenters. The maximum absolute atomic E-state index is 13.0. The van der Waals surface area contributed by atoms with Crippen molar-refractivity contribution < 1.29 is 9.13 Å². The summed E-state index contributed by atoms with van der Waals surface area (Å²) in [7, 11) is 1.63. The highest BCUT2D eigenvalue weighted by Gasteiger charge is 2.03. The van der Waals surface area contributed by atoms with Crippen molar-refractivity contribution in [3.8, 4) is 5.75 Å². The lowest BCUT2D eigenvalue weighted by atomic mass is 10.2. The maximum atomic E-state index is 13.0. The summed E-state index contributed by atoms with van der Waals surface area (Å²) in [5.74, 6) is 0.496. The fourth-order valence-corrected chi connectivity index (χ4v) is 1.96. The predicted molar refractivity (Wildman–Crippen MR) is 82.5 cm³/mol. The standard InChI is InChI=1S/C15H15FN2OS/c1-19-14-8-3-2-5-11(14)10-17-15(20)18-13-7-4-6-12(16)9-13/h2-9H,10H2,1H3,(H2,17,18,20). The zero-order valence-corrected chi connectivity index (χ0v) is 11.8. The van der Waals surface area contributed by atoms with E-state index in [0.29, 0.717) is 17.3 Å². The first-order valence-electron chi connectivity index (χ1n) is 6.11. The van der Waals surface area contributed by atoms with Crippen LogP contribution in [0.3, 0.4) is 0 Å². The zero-order chi connectivity index (χ0) is 14.4. The average Bonchev–Trinajstić information content (AvgIpc) is 2.45. The molecule has 0 saturated heterocycles. The third kappa shape index (κ3) is 3.93. The van der Waals surface area contributed by atoms with Gasteiger partial charge in [0.15, 0.2) is 5.11 Å². The number of anilines is 1. The Morgan fingerprint density at radius 1 is 1.20 bits per heavy atom. The molecule has 2 rings (SSSR count). The Morgan fingerprint density at radius 2 is 2.00 bits per heavy atom. The summed E-state index contributed by atoms with van der Waals surface area (Å²) < 4.78 is 18.3. The van der Waals surface area contributed by atoms with Crippen molar-refractivity contribution in [2.75, 3.05) is 12.4 Å². The Labute approximate surface area is 122 Å². The quantitative estimate of drug-likeness (QED) is 0.846. The number of nitrogens with one attached hydrogen (secondary N) is 2. The van der Waals surface area contributed by atoms with Crippen molar-refractivity contribution >= 4 is 23.0 Å². The van der Waals surface area contributed by atoms with Crippen LogP contribution in [0, 0.1) is 5.82 Å². The lowest BCUT2D eigenvalue weighted by Crippen LogP contribution is -2.28. The number of thiocarbonyl (C=S) groups is 1. The SMILES string of the molecule is COc1ccccc1CNC(=S)Nc1cccc(F)c1. The number of rotatable bonds is 4. The second kappa shape index (κ2) is 6.86. The molecule has 2 N–H and O–H groups in total. The van der Waals surface area contributed by atoms with Crippen LogP contribution in [0.4, 0.5) is 10.1 Å².